The van der Waals surface area contributed by atoms with Gasteiger partial charge in [-0.1, -0.05) is 19.1 Å². The molecule has 0 aromatic heterocycles. The summed E-state index contributed by atoms with van der Waals surface area (Å²) >= 11 is 4.73. The summed E-state index contributed by atoms with van der Waals surface area (Å²) in [6.45, 7) is 4.99. The maximum absolute atomic E-state index is 11.9. The van der Waals surface area contributed by atoms with E-state index in [1.54, 1.807) is 0 Å². The Hall–Kier alpha value is -0.240. The van der Waals surface area contributed by atoms with Crippen molar-refractivity contribution in [2.45, 2.75) is 20.3 Å². The van der Waals surface area contributed by atoms with Crippen molar-refractivity contribution in [2.75, 3.05) is 32.1 Å². The van der Waals surface area contributed by atoms with E-state index in [4.69, 9.17) is 22.7 Å². The van der Waals surface area contributed by atoms with E-state index in [2.05, 4.69) is 0 Å². The average molecular weight is 268 g/mol. The lowest BCUT2D eigenvalue weighted by Crippen LogP contribution is -2.40. The van der Waals surface area contributed by atoms with Crippen molar-refractivity contribution in [1.29, 1.82) is 0 Å². The summed E-state index contributed by atoms with van der Waals surface area (Å²) in [6, 6.07) is 0. The average Bonchev–Trinajstić information content (AvgIpc) is 2.16. The molecular weight excluding hydrogens is 248 g/mol. The van der Waals surface area contributed by atoms with Crippen LogP contribution >= 0.6 is 12.2 Å². The summed E-state index contributed by atoms with van der Waals surface area (Å²) in [4.78, 5) is 0.188. The number of nitrogens with zero attached hydrogens (tertiary/aromatic N) is 1. The summed E-state index contributed by atoms with van der Waals surface area (Å²) in [5, 5.41) is 0. The topological polar surface area (TPSA) is 72.6 Å². The Labute approximate surface area is 103 Å². The Bertz CT molecular complexity index is 304. The largest absolute Gasteiger partial charge is 0.392 e. The molecule has 0 saturated heterocycles. The quantitative estimate of drug-likeness (QED) is 0.482. The molecule has 5 nitrogen and oxygen atoms in total. The van der Waals surface area contributed by atoms with Crippen molar-refractivity contribution in [1.82, 2.24) is 4.31 Å². The van der Waals surface area contributed by atoms with Crippen LogP contribution in [0.5, 0.6) is 0 Å². The standard InChI is InChI=1S/C9H20N2O3S2/c1-3-5-11(8-9(10)15)16(12,13)7-6-14-4-2/h3-8H2,1-2H3,(H2,10,15). The first-order valence-corrected chi connectivity index (χ1v) is 7.29. The first-order chi connectivity index (χ1) is 7.44. The van der Waals surface area contributed by atoms with Gasteiger partial charge in [0.25, 0.3) is 0 Å². The van der Waals surface area contributed by atoms with Gasteiger partial charge in [0, 0.05) is 13.2 Å². The second kappa shape index (κ2) is 7.94. The highest BCUT2D eigenvalue weighted by Crippen LogP contribution is 2.03. The van der Waals surface area contributed by atoms with Gasteiger partial charge in [0.05, 0.1) is 23.9 Å². The number of ether oxygens (including phenoxy) is 1. The molecule has 0 amide bonds. The number of thiocarbonyl (C=S) groups is 1. The van der Waals surface area contributed by atoms with Crippen LogP contribution in [0.4, 0.5) is 0 Å². The summed E-state index contributed by atoms with van der Waals surface area (Å²) in [6.07, 6.45) is 0.733. The lowest BCUT2D eigenvalue weighted by Gasteiger charge is -2.20. The minimum Gasteiger partial charge on any atom is -0.392 e. The molecule has 0 aliphatic carbocycles. The van der Waals surface area contributed by atoms with E-state index in [-0.39, 0.29) is 23.9 Å². The van der Waals surface area contributed by atoms with Crippen LogP contribution < -0.4 is 5.73 Å². The summed E-state index contributed by atoms with van der Waals surface area (Å²) in [5.74, 6) is -0.0244. The van der Waals surface area contributed by atoms with E-state index in [9.17, 15) is 8.42 Å². The molecule has 0 atom stereocenters. The van der Waals surface area contributed by atoms with Crippen LogP contribution in [0, 0.1) is 0 Å². The van der Waals surface area contributed by atoms with Gasteiger partial charge in [0.2, 0.25) is 10.0 Å². The first kappa shape index (κ1) is 15.8. The van der Waals surface area contributed by atoms with Gasteiger partial charge in [0.1, 0.15) is 0 Å². The minimum atomic E-state index is -3.31. The van der Waals surface area contributed by atoms with E-state index < -0.39 is 10.0 Å². The molecule has 0 bridgehead atoms. The monoisotopic (exact) mass is 268 g/mol. The zero-order valence-electron chi connectivity index (χ0n) is 9.81. The van der Waals surface area contributed by atoms with E-state index in [0.717, 1.165) is 6.42 Å². The molecule has 0 aromatic carbocycles. The molecule has 0 saturated carbocycles. The molecule has 0 heterocycles. The van der Waals surface area contributed by atoms with Gasteiger partial charge in [-0.2, -0.15) is 4.31 Å². The summed E-state index contributed by atoms with van der Waals surface area (Å²) < 4.78 is 30.1. The minimum absolute atomic E-state index is 0.0244. The fourth-order valence-electron chi connectivity index (χ4n) is 1.18. The molecule has 96 valence electrons. The fourth-order valence-corrected chi connectivity index (χ4v) is 2.80. The predicted octanol–water partition coefficient (Wildman–Crippen LogP) is 0.351. The number of sulfonamides is 1. The fraction of sp³-hybridized carbons (Fsp3) is 0.889. The number of nitrogens with two attached hydrogens (primary N) is 1. The van der Waals surface area contributed by atoms with Crippen molar-refractivity contribution in [2.24, 2.45) is 5.73 Å². The van der Waals surface area contributed by atoms with Crippen LogP contribution in [0.1, 0.15) is 20.3 Å². The molecule has 0 radical (unpaired) electrons. The van der Waals surface area contributed by atoms with Gasteiger partial charge < -0.3 is 10.5 Å². The predicted molar refractivity (Wildman–Crippen MR) is 68.9 cm³/mol. The number of hydrogen-bond donors (Lipinski definition) is 1. The zero-order chi connectivity index (χ0) is 12.6. The maximum atomic E-state index is 11.9. The molecule has 0 aromatic rings. The summed E-state index contributed by atoms with van der Waals surface area (Å²) in [5.41, 5.74) is 5.37. The highest BCUT2D eigenvalue weighted by molar-refractivity contribution is 7.89. The molecule has 0 spiro atoms. The van der Waals surface area contributed by atoms with E-state index in [0.29, 0.717) is 13.2 Å². The van der Waals surface area contributed by atoms with Crippen LogP contribution in [0.2, 0.25) is 0 Å². The van der Waals surface area contributed by atoms with Crippen LogP contribution in [0.25, 0.3) is 0 Å². The number of hydrogen-bond acceptors (Lipinski definition) is 4. The second-order valence-corrected chi connectivity index (χ2v) is 5.93. The van der Waals surface area contributed by atoms with Crippen molar-refractivity contribution in [3.05, 3.63) is 0 Å². The Morgan fingerprint density at radius 1 is 1.44 bits per heavy atom. The van der Waals surface area contributed by atoms with Crippen LogP contribution in [0.3, 0.4) is 0 Å². The molecule has 0 unspecified atom stereocenters. The van der Waals surface area contributed by atoms with E-state index in [1.165, 1.54) is 4.31 Å². The second-order valence-electron chi connectivity index (χ2n) is 3.31. The molecule has 0 rings (SSSR count). The van der Waals surface area contributed by atoms with Crippen LogP contribution in [0.15, 0.2) is 0 Å². The highest BCUT2D eigenvalue weighted by Gasteiger charge is 2.21. The number of rotatable bonds is 9. The molecule has 7 heteroatoms. The smallest absolute Gasteiger partial charge is 0.216 e. The van der Waals surface area contributed by atoms with Crippen molar-refractivity contribution in [3.63, 3.8) is 0 Å². The Balaban J connectivity index is 4.43. The van der Waals surface area contributed by atoms with Crippen molar-refractivity contribution >= 4 is 27.2 Å². The third-order valence-electron chi connectivity index (χ3n) is 1.89. The zero-order valence-corrected chi connectivity index (χ0v) is 11.4. The molecule has 2 N–H and O–H groups in total. The van der Waals surface area contributed by atoms with Gasteiger partial charge in [0.15, 0.2) is 0 Å². The maximum Gasteiger partial charge on any atom is 0.216 e. The SMILES string of the molecule is CCCN(CC(N)=S)S(=O)(=O)CCOCC. The Morgan fingerprint density at radius 3 is 2.50 bits per heavy atom. The van der Waals surface area contributed by atoms with Crippen molar-refractivity contribution in [3.8, 4) is 0 Å². The highest BCUT2D eigenvalue weighted by atomic mass is 32.2. The lowest BCUT2D eigenvalue weighted by atomic mass is 10.5. The summed E-state index contributed by atoms with van der Waals surface area (Å²) in [7, 11) is -3.31. The normalized spacial score (nSPS) is 11.9. The van der Waals surface area contributed by atoms with Gasteiger partial charge in [-0.25, -0.2) is 8.42 Å². The lowest BCUT2D eigenvalue weighted by molar-refractivity contribution is 0.162. The third-order valence-corrected chi connectivity index (χ3v) is 3.80. The third kappa shape index (κ3) is 6.37. The van der Waals surface area contributed by atoms with Gasteiger partial charge in [-0.15, -0.1) is 0 Å². The molecule has 0 aliphatic rings. The van der Waals surface area contributed by atoms with Crippen molar-refractivity contribution < 1.29 is 13.2 Å². The molecule has 0 fully saturated rings. The molecule has 0 aliphatic heterocycles. The molecular formula is C9H20N2O3S2. The van der Waals surface area contributed by atoms with Gasteiger partial charge >= 0.3 is 0 Å². The van der Waals surface area contributed by atoms with E-state index in [1.807, 2.05) is 13.8 Å². The Morgan fingerprint density at radius 2 is 2.06 bits per heavy atom. The van der Waals surface area contributed by atoms with Gasteiger partial charge in [-0.3, -0.25) is 0 Å². The molecule has 16 heavy (non-hydrogen) atoms. The van der Waals surface area contributed by atoms with E-state index >= 15 is 0 Å². The van der Waals surface area contributed by atoms with Gasteiger partial charge in [-0.05, 0) is 13.3 Å². The Kier molecular flexibility index (Phi) is 7.82. The first-order valence-electron chi connectivity index (χ1n) is 5.27. The van der Waals surface area contributed by atoms with Crippen LogP contribution in [-0.2, 0) is 14.8 Å². The van der Waals surface area contributed by atoms with Crippen LogP contribution in [-0.4, -0.2) is 49.8 Å².